The number of nitrogens with zero attached hydrogens (tertiary/aromatic N) is 3. The molecule has 1 aliphatic heterocycles. The van der Waals surface area contributed by atoms with Crippen molar-refractivity contribution in [2.45, 2.75) is 6.17 Å². The number of hydrogen-bond acceptors (Lipinski definition) is 4. The number of H-pyrrole nitrogens is 1. The van der Waals surface area contributed by atoms with Gasteiger partial charge in [-0.15, -0.1) is 0 Å². The molecule has 0 saturated carbocycles. The summed E-state index contributed by atoms with van der Waals surface area (Å²) in [5.41, 5.74) is 3.82. The number of aromatic nitrogens is 1. The molecule has 5 rings (SSSR count). The summed E-state index contributed by atoms with van der Waals surface area (Å²) in [7, 11) is 0. The number of benzene rings is 3. The summed E-state index contributed by atoms with van der Waals surface area (Å²) in [5.74, 6) is -0.928. The number of rotatable bonds is 4. The lowest BCUT2D eigenvalue weighted by molar-refractivity contribution is -0.120. The van der Waals surface area contributed by atoms with E-state index >= 15 is 0 Å². The summed E-state index contributed by atoms with van der Waals surface area (Å²) < 4.78 is 0. The number of carbonyl (C=O) groups excluding carboxylic acids is 2. The zero-order chi connectivity index (χ0) is 22.8. The number of carbonyl (C=O) groups is 2. The van der Waals surface area contributed by atoms with Crippen LogP contribution in [0.25, 0.3) is 10.9 Å². The van der Waals surface area contributed by atoms with Gasteiger partial charge in [0, 0.05) is 22.0 Å². The van der Waals surface area contributed by atoms with Crippen LogP contribution in [0.4, 0.5) is 5.69 Å². The van der Waals surface area contributed by atoms with Crippen LogP contribution in [-0.2, 0) is 4.79 Å². The predicted octanol–water partition coefficient (Wildman–Crippen LogP) is 3.63. The van der Waals surface area contributed by atoms with Crippen molar-refractivity contribution in [1.29, 1.82) is 5.26 Å². The number of hydrogen-bond donors (Lipinski definition) is 2. The summed E-state index contributed by atoms with van der Waals surface area (Å²) in [6, 6.07) is 28.1. The second-order valence-corrected chi connectivity index (χ2v) is 7.59. The van der Waals surface area contributed by atoms with Gasteiger partial charge in [-0.2, -0.15) is 5.26 Å². The fraction of sp³-hybridized carbons (Fsp3) is 0.0769. The molecular formula is C26H19N5O2. The standard InChI is InChI=1S/C26H19N5O2/c27-14-15-31-22-13-7-5-11-19(22)23(17-8-2-1-3-9-17)29-24(26(31)33)30-25(32)21-16-18-10-4-6-12-20(18)28-21/h1-13,16,24,28H,15H2,(H,30,32)/t24-/m1/s1. The molecule has 1 aliphatic rings. The predicted molar refractivity (Wildman–Crippen MR) is 126 cm³/mol. The molecule has 33 heavy (non-hydrogen) atoms. The molecule has 1 atom stereocenters. The van der Waals surface area contributed by atoms with E-state index in [1.807, 2.05) is 78.9 Å². The molecule has 0 unspecified atom stereocenters. The third-order valence-corrected chi connectivity index (χ3v) is 5.53. The highest BCUT2D eigenvalue weighted by molar-refractivity contribution is 6.20. The third kappa shape index (κ3) is 3.75. The first-order valence-electron chi connectivity index (χ1n) is 10.5. The summed E-state index contributed by atoms with van der Waals surface area (Å²) >= 11 is 0. The van der Waals surface area contributed by atoms with Gasteiger partial charge >= 0.3 is 0 Å². The van der Waals surface area contributed by atoms with Crippen LogP contribution in [0.3, 0.4) is 0 Å². The zero-order valence-electron chi connectivity index (χ0n) is 17.5. The number of nitrogens with one attached hydrogen (secondary N) is 2. The van der Waals surface area contributed by atoms with E-state index in [1.54, 1.807) is 12.1 Å². The van der Waals surface area contributed by atoms with Gasteiger partial charge in [-0.3, -0.25) is 14.5 Å². The number of para-hydroxylation sites is 2. The monoisotopic (exact) mass is 433 g/mol. The summed E-state index contributed by atoms with van der Waals surface area (Å²) in [5, 5.41) is 13.0. The highest BCUT2D eigenvalue weighted by atomic mass is 16.2. The van der Waals surface area contributed by atoms with Crippen molar-refractivity contribution in [2.24, 2.45) is 4.99 Å². The van der Waals surface area contributed by atoms with E-state index in [4.69, 9.17) is 4.99 Å². The van der Waals surface area contributed by atoms with Crippen LogP contribution < -0.4 is 10.2 Å². The molecule has 160 valence electrons. The zero-order valence-corrected chi connectivity index (χ0v) is 17.5. The molecule has 3 aromatic carbocycles. The van der Waals surface area contributed by atoms with E-state index in [2.05, 4.69) is 10.3 Å². The lowest BCUT2D eigenvalue weighted by Gasteiger charge is -2.22. The molecule has 2 amide bonds. The van der Waals surface area contributed by atoms with E-state index in [0.29, 0.717) is 17.1 Å². The maximum Gasteiger partial charge on any atom is 0.273 e. The van der Waals surface area contributed by atoms with Crippen LogP contribution in [0.1, 0.15) is 21.6 Å². The molecule has 1 aromatic heterocycles. The average Bonchev–Trinajstić information content (AvgIpc) is 3.26. The SMILES string of the molecule is N#CCN1C(=O)[C@@H](NC(=O)c2cc3ccccc3[nH]2)N=C(c2ccccc2)c2ccccc21. The molecule has 0 aliphatic carbocycles. The molecule has 0 spiro atoms. The van der Waals surface area contributed by atoms with Crippen molar-refractivity contribution >= 4 is 34.1 Å². The number of benzodiazepines with no additional fused rings is 1. The van der Waals surface area contributed by atoms with Crippen molar-refractivity contribution in [3.8, 4) is 6.07 Å². The molecule has 0 saturated heterocycles. The van der Waals surface area contributed by atoms with Crippen molar-refractivity contribution in [2.75, 3.05) is 11.4 Å². The Morgan fingerprint density at radius 2 is 1.76 bits per heavy atom. The van der Waals surface area contributed by atoms with Crippen molar-refractivity contribution in [1.82, 2.24) is 10.3 Å². The average molecular weight is 433 g/mol. The summed E-state index contributed by atoms with van der Waals surface area (Å²) in [6.45, 7) is -0.161. The number of amides is 2. The molecule has 7 heteroatoms. The van der Waals surface area contributed by atoms with Gasteiger partial charge in [-0.05, 0) is 18.2 Å². The van der Waals surface area contributed by atoms with Crippen molar-refractivity contribution < 1.29 is 9.59 Å². The number of nitriles is 1. The van der Waals surface area contributed by atoms with Gasteiger partial charge in [0.1, 0.15) is 12.2 Å². The maximum atomic E-state index is 13.5. The normalized spacial score (nSPS) is 15.4. The van der Waals surface area contributed by atoms with Gasteiger partial charge in [0.2, 0.25) is 6.17 Å². The topological polar surface area (TPSA) is 101 Å². The minimum atomic E-state index is -1.19. The minimum absolute atomic E-state index is 0.161. The Morgan fingerprint density at radius 3 is 2.55 bits per heavy atom. The van der Waals surface area contributed by atoms with E-state index in [1.165, 1.54) is 4.90 Å². The smallest absolute Gasteiger partial charge is 0.273 e. The largest absolute Gasteiger partial charge is 0.351 e. The molecule has 4 aromatic rings. The van der Waals surface area contributed by atoms with Crippen LogP contribution in [0.5, 0.6) is 0 Å². The van der Waals surface area contributed by atoms with Gasteiger partial charge < -0.3 is 10.3 Å². The lowest BCUT2D eigenvalue weighted by atomic mass is 10.0. The summed E-state index contributed by atoms with van der Waals surface area (Å²) in [4.78, 5) is 35.7. The van der Waals surface area contributed by atoms with Gasteiger partial charge in [-0.1, -0.05) is 66.7 Å². The molecule has 2 heterocycles. The minimum Gasteiger partial charge on any atom is -0.351 e. The second-order valence-electron chi connectivity index (χ2n) is 7.59. The Bertz CT molecular complexity index is 1400. The molecule has 0 fully saturated rings. The van der Waals surface area contributed by atoms with Crippen LogP contribution in [0, 0.1) is 11.3 Å². The van der Waals surface area contributed by atoms with Crippen LogP contribution in [-0.4, -0.2) is 35.2 Å². The van der Waals surface area contributed by atoms with Gasteiger partial charge in [-0.25, -0.2) is 4.99 Å². The van der Waals surface area contributed by atoms with Crippen molar-refractivity contribution in [3.63, 3.8) is 0 Å². The number of aromatic amines is 1. The molecular weight excluding hydrogens is 414 g/mol. The first-order chi connectivity index (χ1) is 16.2. The third-order valence-electron chi connectivity index (χ3n) is 5.53. The fourth-order valence-corrected chi connectivity index (χ4v) is 3.98. The van der Waals surface area contributed by atoms with Crippen LogP contribution in [0.2, 0.25) is 0 Å². The van der Waals surface area contributed by atoms with Crippen LogP contribution in [0.15, 0.2) is 89.9 Å². The highest BCUT2D eigenvalue weighted by Gasteiger charge is 2.33. The molecule has 2 N–H and O–H groups in total. The Labute approximate surface area is 190 Å². The fourth-order valence-electron chi connectivity index (χ4n) is 3.98. The highest BCUT2D eigenvalue weighted by Crippen LogP contribution is 2.28. The van der Waals surface area contributed by atoms with E-state index in [9.17, 15) is 14.9 Å². The van der Waals surface area contributed by atoms with Crippen LogP contribution >= 0.6 is 0 Å². The van der Waals surface area contributed by atoms with Gasteiger partial charge in [0.15, 0.2) is 0 Å². The number of aliphatic imine (C=N–C) groups is 1. The molecule has 0 bridgehead atoms. The number of fused-ring (bicyclic) bond motifs is 2. The van der Waals surface area contributed by atoms with E-state index < -0.39 is 18.0 Å². The Kier molecular flexibility index (Phi) is 5.17. The molecule has 0 radical (unpaired) electrons. The van der Waals surface area contributed by atoms with E-state index in [0.717, 1.165) is 22.0 Å². The first kappa shape index (κ1) is 20.2. The Morgan fingerprint density at radius 1 is 1.03 bits per heavy atom. The van der Waals surface area contributed by atoms with Gasteiger partial charge in [0.25, 0.3) is 11.8 Å². The van der Waals surface area contributed by atoms with Crippen molar-refractivity contribution in [3.05, 3.63) is 102 Å². The van der Waals surface area contributed by atoms with Gasteiger partial charge in [0.05, 0.1) is 17.5 Å². The maximum absolute atomic E-state index is 13.5. The Hall–Kier alpha value is -4.70. The first-order valence-corrected chi connectivity index (χ1v) is 10.5. The number of anilines is 1. The lowest BCUT2D eigenvalue weighted by Crippen LogP contribution is -2.47. The second kappa shape index (κ2) is 8.44. The molecule has 7 nitrogen and oxygen atoms in total. The Balaban J connectivity index is 1.59. The summed E-state index contributed by atoms with van der Waals surface area (Å²) in [6.07, 6.45) is -1.19. The van der Waals surface area contributed by atoms with E-state index in [-0.39, 0.29) is 6.54 Å². The quantitative estimate of drug-likeness (QED) is 0.481.